The Labute approximate surface area is 539 Å². The molecule has 0 spiro atoms. The molecule has 8 rings (SSSR count). The summed E-state index contributed by atoms with van der Waals surface area (Å²) in [6.45, 7) is 14.0. The number of hydrogen-bond acceptors (Lipinski definition) is 23. The standard InChI is InChI=1S/C22H24FN5O4S.C16H17ClFN3O2.C8H7Cl2NO.C8H11FN2O.C6H8N2O2S/c1-5-16(29)13-12-25-19(27-18-9-8-14(20(23)28-18)22(2,3)30)11-15(13)26-21-17(33(4,31)32)7-6-10-24-21;1-4-12(22)9-8-19-14(7-11(9)17)20-13-6-5-10(15(18)21-13)16(2,3)23;1-2-7(12)5-4-11-8(10)3-6(5)9;1-8(2,12)5-3-4-6(10)11-7(5)9;1-11(9,10)5-3-2-4-8-6(5)7/h6-12,30H,5H2,1-4H3,(H2,24,25,26,27,28);5-8,23H,4H2,1-3H3,(H,19,20,21);3-4H,2H2,1H3;3-4,12H,1-2H3,(H2,10,11);2-4H,1H3,(H2,7,8). The van der Waals surface area contributed by atoms with Crippen LogP contribution >= 0.6 is 34.8 Å². The fourth-order valence-electron chi connectivity index (χ4n) is 7.45. The van der Waals surface area contributed by atoms with Crippen LogP contribution in [-0.4, -0.2) is 102 Å². The maximum Gasteiger partial charge on any atom is 0.220 e. The summed E-state index contributed by atoms with van der Waals surface area (Å²) in [5.41, 5.74) is 8.20. The average molecular weight is 1360 g/mol. The number of aromatic nitrogens is 8. The Kier molecular flexibility index (Phi) is 26.5. The molecule has 0 amide bonds. The van der Waals surface area contributed by atoms with Gasteiger partial charge in [-0.25, -0.2) is 56.7 Å². The summed E-state index contributed by atoms with van der Waals surface area (Å²) in [6, 6.07) is 19.0. The first-order chi connectivity index (χ1) is 42.2. The number of nitrogens with one attached hydrogen (secondary N) is 3. The summed E-state index contributed by atoms with van der Waals surface area (Å²) in [5, 5.41) is 38.8. The molecule has 486 valence electrons. The lowest BCUT2D eigenvalue weighted by atomic mass is 10.0. The highest BCUT2D eigenvalue weighted by molar-refractivity contribution is 7.91. The van der Waals surface area contributed by atoms with Crippen molar-refractivity contribution in [2.24, 2.45) is 0 Å². The Morgan fingerprint density at radius 1 is 0.505 bits per heavy atom. The van der Waals surface area contributed by atoms with Gasteiger partial charge in [0.15, 0.2) is 37.0 Å². The van der Waals surface area contributed by atoms with E-state index in [2.05, 4.69) is 55.8 Å². The third-order valence-corrected chi connectivity index (χ3v) is 15.2. The van der Waals surface area contributed by atoms with Crippen molar-refractivity contribution in [1.29, 1.82) is 0 Å². The van der Waals surface area contributed by atoms with Crippen LogP contribution in [0.1, 0.15) is 129 Å². The molecule has 23 nitrogen and oxygen atoms in total. The van der Waals surface area contributed by atoms with Crippen LogP contribution in [0.2, 0.25) is 15.2 Å². The van der Waals surface area contributed by atoms with Crippen LogP contribution in [0.4, 0.5) is 59.6 Å². The second-order valence-electron chi connectivity index (χ2n) is 21.0. The summed E-state index contributed by atoms with van der Waals surface area (Å²) < 4.78 is 87.4. The Morgan fingerprint density at radius 3 is 1.30 bits per heavy atom. The number of anilines is 8. The molecule has 0 aromatic carbocycles. The van der Waals surface area contributed by atoms with Gasteiger partial charge in [-0.2, -0.15) is 13.2 Å². The molecule has 0 aliphatic rings. The van der Waals surface area contributed by atoms with E-state index in [1.54, 1.807) is 20.8 Å². The Bertz CT molecular complexity index is 4160. The lowest BCUT2D eigenvalue weighted by molar-refractivity contribution is 0.0730. The van der Waals surface area contributed by atoms with Crippen molar-refractivity contribution in [2.75, 3.05) is 39.9 Å². The van der Waals surface area contributed by atoms with Crippen molar-refractivity contribution in [3.05, 3.63) is 176 Å². The zero-order chi connectivity index (χ0) is 68.6. The average Bonchev–Trinajstić information content (AvgIpc) is 1.03. The van der Waals surface area contributed by atoms with Gasteiger partial charge in [-0.15, -0.1) is 0 Å². The molecular formula is C60H67Cl3F3N13O10S2. The minimum Gasteiger partial charge on any atom is -0.386 e. The van der Waals surface area contributed by atoms with Gasteiger partial charge in [0.1, 0.15) is 55.7 Å². The van der Waals surface area contributed by atoms with E-state index in [0.29, 0.717) is 40.0 Å². The molecule has 0 saturated carbocycles. The monoisotopic (exact) mass is 1360 g/mol. The Balaban J connectivity index is 0.000000263. The van der Waals surface area contributed by atoms with E-state index in [-0.39, 0.29) is 101 Å². The fraction of sp³-hybridized carbons (Fsp3) is 0.283. The fourth-order valence-corrected chi connectivity index (χ4v) is 9.72. The van der Waals surface area contributed by atoms with Gasteiger partial charge in [-0.05, 0) is 108 Å². The normalized spacial score (nSPS) is 11.4. The summed E-state index contributed by atoms with van der Waals surface area (Å²) in [4.78, 5) is 66.0. The Hall–Kier alpha value is -8.35. The van der Waals surface area contributed by atoms with E-state index in [1.165, 1.54) is 151 Å². The number of nitrogens with zero attached hydrogens (tertiary/aromatic N) is 8. The molecule has 0 aliphatic carbocycles. The van der Waals surface area contributed by atoms with Crippen molar-refractivity contribution in [2.45, 2.75) is 108 Å². The third kappa shape index (κ3) is 22.5. The molecular weight excluding hydrogens is 1290 g/mol. The second-order valence-corrected chi connectivity index (χ2v) is 26.1. The highest BCUT2D eigenvalue weighted by Crippen LogP contribution is 2.31. The number of rotatable bonds is 17. The van der Waals surface area contributed by atoms with Crippen LogP contribution in [0.25, 0.3) is 0 Å². The SMILES string of the molecule is CC(C)(O)c1ccc(N)nc1F.CCC(=O)c1cnc(Cl)cc1Cl.CCC(=O)c1cnc(Nc2ccc(C(C)(C)O)c(F)n2)cc1Cl.CCC(=O)c1cnc(Nc2ccc(C(C)(C)O)c(F)n2)cc1Nc1ncccc1S(C)(=O)=O.CS(=O)(=O)c1cccnc1N. The topological polar surface area (TPSA) is 371 Å². The number of Topliss-reactive ketones (excluding diaryl/α,β-unsaturated/α-hetero) is 3. The van der Waals surface area contributed by atoms with E-state index in [1.807, 2.05) is 0 Å². The third-order valence-electron chi connectivity index (χ3n) is 12.1. The second kappa shape index (κ2) is 32.1. The number of sulfone groups is 2. The maximum absolute atomic E-state index is 14.3. The highest BCUT2D eigenvalue weighted by atomic mass is 35.5. The smallest absolute Gasteiger partial charge is 0.220 e. The summed E-state index contributed by atoms with van der Waals surface area (Å²) >= 11 is 17.4. The minimum absolute atomic E-state index is 0.0239. The molecule has 0 unspecified atom stereocenters. The van der Waals surface area contributed by atoms with E-state index in [4.69, 9.17) is 46.3 Å². The number of carbonyl (C=O) groups excluding carboxylic acids is 3. The molecule has 8 heterocycles. The first-order valence-electron chi connectivity index (χ1n) is 27.1. The predicted octanol–water partition coefficient (Wildman–Crippen LogP) is 11.6. The first kappa shape index (κ1) is 75.1. The van der Waals surface area contributed by atoms with E-state index >= 15 is 0 Å². The lowest BCUT2D eigenvalue weighted by Gasteiger charge is -2.18. The van der Waals surface area contributed by atoms with Gasteiger partial charge in [0.05, 0.1) is 49.2 Å². The summed E-state index contributed by atoms with van der Waals surface area (Å²) in [7, 11) is -6.81. The predicted molar refractivity (Wildman–Crippen MR) is 343 cm³/mol. The van der Waals surface area contributed by atoms with Crippen LogP contribution in [0.15, 0.2) is 120 Å². The van der Waals surface area contributed by atoms with Gasteiger partial charge >= 0.3 is 0 Å². The zero-order valence-electron chi connectivity index (χ0n) is 51.0. The summed E-state index contributed by atoms with van der Waals surface area (Å²) in [6.07, 6.45) is 10.1. The summed E-state index contributed by atoms with van der Waals surface area (Å²) in [5.74, 6) is -1.54. The number of nitrogen functional groups attached to an aromatic ring is 2. The van der Waals surface area contributed by atoms with Crippen LogP contribution in [0.3, 0.4) is 0 Å². The van der Waals surface area contributed by atoms with Gasteiger partial charge in [0.25, 0.3) is 0 Å². The molecule has 10 N–H and O–H groups in total. The molecule has 0 atom stereocenters. The number of carbonyl (C=O) groups is 3. The van der Waals surface area contributed by atoms with E-state index in [9.17, 15) is 59.7 Å². The van der Waals surface area contributed by atoms with Crippen LogP contribution in [0.5, 0.6) is 0 Å². The van der Waals surface area contributed by atoms with Crippen molar-refractivity contribution in [3.63, 3.8) is 0 Å². The van der Waals surface area contributed by atoms with Crippen LogP contribution in [0, 0.1) is 17.8 Å². The number of pyridine rings is 8. The van der Waals surface area contributed by atoms with Crippen molar-refractivity contribution in [3.8, 4) is 0 Å². The van der Waals surface area contributed by atoms with Crippen molar-refractivity contribution >= 4 is 118 Å². The maximum atomic E-state index is 14.3. The molecule has 0 fully saturated rings. The Morgan fingerprint density at radius 2 is 0.901 bits per heavy atom. The molecule has 91 heavy (non-hydrogen) atoms. The number of nitrogens with two attached hydrogens (primary N) is 2. The van der Waals surface area contributed by atoms with Crippen molar-refractivity contribution < 1.29 is 59.7 Å². The number of halogens is 6. The zero-order valence-corrected chi connectivity index (χ0v) is 54.9. The van der Waals surface area contributed by atoms with Gasteiger partial charge in [-0.3, -0.25) is 14.4 Å². The van der Waals surface area contributed by atoms with Gasteiger partial charge in [0.2, 0.25) is 17.8 Å². The number of hydrogen-bond donors (Lipinski definition) is 8. The largest absolute Gasteiger partial charge is 0.386 e. The van der Waals surface area contributed by atoms with Crippen LogP contribution < -0.4 is 27.4 Å². The molecule has 0 radical (unpaired) electrons. The molecule has 31 heteroatoms. The lowest BCUT2D eigenvalue weighted by Crippen LogP contribution is -2.18. The molecule has 0 aliphatic heterocycles. The van der Waals surface area contributed by atoms with E-state index < -0.39 is 54.3 Å². The molecule has 8 aromatic rings. The van der Waals surface area contributed by atoms with Gasteiger partial charge in [-0.1, -0.05) is 55.6 Å². The quantitative estimate of drug-likeness (QED) is 0.0310. The number of aliphatic hydroxyl groups is 3. The van der Waals surface area contributed by atoms with E-state index in [0.717, 1.165) is 12.5 Å². The first-order valence-corrected chi connectivity index (χ1v) is 32.0. The van der Waals surface area contributed by atoms with Crippen LogP contribution in [-0.2, 0) is 36.5 Å². The number of ketones is 3. The molecule has 0 bridgehead atoms. The van der Waals surface area contributed by atoms with Crippen molar-refractivity contribution in [1.82, 2.24) is 39.9 Å². The van der Waals surface area contributed by atoms with Gasteiger partial charge in [0, 0.05) is 91.6 Å². The molecule has 8 aromatic heterocycles. The highest BCUT2D eigenvalue weighted by Gasteiger charge is 2.25. The molecule has 0 saturated heterocycles. The minimum atomic E-state index is -3.59. The van der Waals surface area contributed by atoms with Gasteiger partial charge < -0.3 is 42.7 Å².